The SMILES string of the molecule is COCCCCCCOc1ccc(-c2nnc(-c3ccc(C(=O)N[C@H]4C[C@@H](O)CNC(=O)[C@@H]5[C@@H](O)[C@@H](C)CN5C(=O)[C@H]([C@H](O)CC(N)=O)NC(=O)[C@H]([C@H](O)[C@@H](O)c5ccc(O)c(OS(=O)(=O)O)c5)NC(=O)[C@@H]5C[C@@H](O)CN5C(=O)[C@H]([C@@H](C)O)NC4=O)cc3)s2)cc1.[Na]. The molecule has 0 unspecified atom stereocenters. The van der Waals surface area contributed by atoms with E-state index in [-0.39, 0.29) is 35.1 Å². The number of nitrogens with one attached hydrogen (secondary N) is 5. The minimum atomic E-state index is -5.34. The van der Waals surface area contributed by atoms with Crippen molar-refractivity contribution in [3.8, 4) is 38.4 Å². The maximum absolute atomic E-state index is 14.7. The number of aromatic hydroxyl groups is 1. The minimum absolute atomic E-state index is 0. The number of primary amides is 1. The number of amides is 8. The number of fused-ring (bicyclic) bond motifs is 2. The molecular weight excluding hydrogens is 1260 g/mol. The first-order chi connectivity index (χ1) is 43.0. The Hall–Kier alpha value is -7.03. The molecule has 3 saturated heterocycles. The smallest absolute Gasteiger partial charge is 0.446 e. The Morgan fingerprint density at radius 2 is 1.36 bits per heavy atom. The summed E-state index contributed by atoms with van der Waals surface area (Å²) < 4.78 is 47.7. The second-order valence-electron chi connectivity index (χ2n) is 22.3. The predicted molar refractivity (Wildman–Crippen MR) is 323 cm³/mol. The van der Waals surface area contributed by atoms with Crippen LogP contribution in [-0.2, 0) is 48.7 Å². The molecule has 0 bridgehead atoms. The van der Waals surface area contributed by atoms with Crippen LogP contribution in [0.3, 0.4) is 0 Å². The predicted octanol–water partition coefficient (Wildman–Crippen LogP) is -3.72. The molecule has 35 heteroatoms. The minimum Gasteiger partial charge on any atom is -0.504 e. The number of carbonyl (C=O) groups excluding carboxylic acids is 8. The van der Waals surface area contributed by atoms with E-state index in [4.69, 9.17) is 15.2 Å². The van der Waals surface area contributed by atoms with Crippen molar-refractivity contribution in [3.05, 3.63) is 77.9 Å². The average molecular weight is 1340 g/mol. The van der Waals surface area contributed by atoms with Crippen LogP contribution in [0.1, 0.15) is 80.8 Å². The molecule has 497 valence electrons. The van der Waals surface area contributed by atoms with Gasteiger partial charge in [0.2, 0.25) is 41.4 Å². The summed E-state index contributed by atoms with van der Waals surface area (Å²) in [6.07, 6.45) is -12.8. The van der Waals surface area contributed by atoms with Crippen LogP contribution in [0.2, 0.25) is 0 Å². The van der Waals surface area contributed by atoms with Gasteiger partial charge in [-0.25, -0.2) is 0 Å². The van der Waals surface area contributed by atoms with E-state index in [9.17, 15) is 92.2 Å². The molecule has 16 N–H and O–H groups in total. The summed E-state index contributed by atoms with van der Waals surface area (Å²) >= 11 is 1.26. The molecule has 14 atom stereocenters. The van der Waals surface area contributed by atoms with Gasteiger partial charge in [-0.1, -0.05) is 42.9 Å². The number of benzene rings is 3. The molecule has 3 aromatic carbocycles. The number of rotatable bonds is 21. The maximum atomic E-state index is 14.7. The Morgan fingerprint density at radius 3 is 1.97 bits per heavy atom. The Bertz CT molecular complexity index is 3370. The number of ether oxygens (including phenoxy) is 2. The number of unbranched alkanes of at least 4 members (excludes halogenated alkanes) is 3. The van der Waals surface area contributed by atoms with Crippen molar-refractivity contribution in [1.82, 2.24) is 46.6 Å². The molecule has 3 fully saturated rings. The average Bonchev–Trinajstić information content (AvgIpc) is 1.59. The molecule has 1 aromatic heterocycles. The summed E-state index contributed by atoms with van der Waals surface area (Å²) in [5.74, 6) is -12.4. The molecule has 7 rings (SSSR count). The van der Waals surface area contributed by atoms with E-state index in [1.165, 1.54) is 30.4 Å². The molecule has 3 aliphatic rings. The fourth-order valence-corrected chi connectivity index (χ4v) is 11.7. The third kappa shape index (κ3) is 19.3. The van der Waals surface area contributed by atoms with Gasteiger partial charge in [0, 0.05) is 98.4 Å². The van der Waals surface area contributed by atoms with E-state index in [0.29, 0.717) is 43.8 Å². The van der Waals surface area contributed by atoms with Gasteiger partial charge >= 0.3 is 10.4 Å². The molecule has 8 amide bonds. The van der Waals surface area contributed by atoms with Crippen molar-refractivity contribution in [2.75, 3.05) is 40.0 Å². The van der Waals surface area contributed by atoms with Gasteiger partial charge in [0.05, 0.1) is 43.5 Å². The normalized spacial score (nSPS) is 25.0. The van der Waals surface area contributed by atoms with Crippen LogP contribution in [0.25, 0.3) is 21.1 Å². The fourth-order valence-electron chi connectivity index (χ4n) is 10.5. The maximum Gasteiger partial charge on any atom is 0.446 e. The van der Waals surface area contributed by atoms with Crippen LogP contribution in [0.5, 0.6) is 17.2 Å². The van der Waals surface area contributed by atoms with E-state index in [1.807, 2.05) is 24.3 Å². The number of nitrogens with zero attached hydrogens (tertiary/aromatic N) is 4. The summed E-state index contributed by atoms with van der Waals surface area (Å²) in [7, 11) is -3.67. The van der Waals surface area contributed by atoms with Crippen molar-refractivity contribution in [2.45, 2.75) is 138 Å². The number of carbonyl (C=O) groups is 8. The van der Waals surface area contributed by atoms with Crippen LogP contribution in [0, 0.1) is 5.92 Å². The number of hydrogen-bond acceptors (Lipinski definition) is 24. The summed E-state index contributed by atoms with van der Waals surface area (Å²) in [5.41, 5.74) is 6.08. The third-order valence-electron chi connectivity index (χ3n) is 15.4. The fraction of sp³-hybridized carbons (Fsp3) is 0.509. The summed E-state index contributed by atoms with van der Waals surface area (Å²) in [6, 6.07) is 2.94. The number of aromatic nitrogens is 2. The van der Waals surface area contributed by atoms with Crippen LogP contribution in [-0.4, -0.2) is 263 Å². The second-order valence-corrected chi connectivity index (χ2v) is 24.3. The zero-order chi connectivity index (χ0) is 66.6. The van der Waals surface area contributed by atoms with Gasteiger partial charge in [-0.2, -0.15) is 8.42 Å². The Kier molecular flexibility index (Phi) is 26.7. The number of aliphatic hydroxyl groups excluding tert-OH is 7. The number of hydrogen-bond donors (Lipinski definition) is 15. The molecule has 0 saturated carbocycles. The number of phenolic OH excluding ortho intramolecular Hbond substituents is 1. The molecule has 1 radical (unpaired) electrons. The van der Waals surface area contributed by atoms with E-state index in [0.717, 1.165) is 56.9 Å². The molecule has 4 aromatic rings. The summed E-state index contributed by atoms with van der Waals surface area (Å²) in [5, 5.41) is 111. The van der Waals surface area contributed by atoms with Gasteiger partial charge in [0.15, 0.2) is 11.5 Å². The first kappa shape index (κ1) is 74.0. The molecule has 0 spiro atoms. The molecule has 3 aliphatic heterocycles. The summed E-state index contributed by atoms with van der Waals surface area (Å²) in [6.45, 7) is 1.82. The molecular formula is C57H74N10NaO22S2. The van der Waals surface area contributed by atoms with Crippen molar-refractivity contribution < 1.29 is 106 Å². The van der Waals surface area contributed by atoms with Crippen LogP contribution >= 0.6 is 11.3 Å². The second kappa shape index (κ2) is 33.2. The number of nitrogens with two attached hydrogens (primary N) is 1. The summed E-state index contributed by atoms with van der Waals surface area (Å²) in [4.78, 5) is 115. The zero-order valence-electron chi connectivity index (χ0n) is 50.4. The molecule has 0 aliphatic carbocycles. The first-order valence-corrected chi connectivity index (χ1v) is 31.0. The van der Waals surface area contributed by atoms with Gasteiger partial charge in [-0.15, -0.1) is 10.2 Å². The van der Waals surface area contributed by atoms with Crippen LogP contribution in [0.15, 0.2) is 66.7 Å². The Morgan fingerprint density at radius 1 is 0.761 bits per heavy atom. The molecule has 92 heavy (non-hydrogen) atoms. The Labute approximate surface area is 553 Å². The largest absolute Gasteiger partial charge is 0.504 e. The standard InChI is InChI=1S/C57H74N10O22S2.Na/c1-27-25-67-45(46(27)74)53(81)59-24-33(69)21-36(60-49(77)29-8-10-30(11-9-29)54-64-65-55(90-54)31-12-15-35(16-13-31)88-19-7-5-4-6-18-87-3)50(78)61-42(28(2)68)56(82)66-26-34(70)22-37(66)51(79)63-44(52(80)62-43(57(67)83)39(72)23-41(58)73)48(76)47(75)32-14-17-38(71)40(20-32)89-91(84,85)86;/h8-17,20,27-28,33-34,36-37,39,42-48,68-72,74-76H,4-7,18-19,21-26H2,1-3H3,(H2,58,73)(H,59,81)(H,60,77)(H,61,78)(H,62,80)(H,63,79)(H,84,85,86);/t27-,28+,33+,34+,36-,37-,39+,42-,43-,44-,45-,46-,47-,48-;/m0./s1. The first-order valence-electron chi connectivity index (χ1n) is 28.9. The monoisotopic (exact) mass is 1340 g/mol. The van der Waals surface area contributed by atoms with Gasteiger partial charge in [-0.3, -0.25) is 42.9 Å². The van der Waals surface area contributed by atoms with Gasteiger partial charge < -0.3 is 96.6 Å². The number of methoxy groups -OCH3 is 1. The van der Waals surface area contributed by atoms with Crippen molar-refractivity contribution in [2.24, 2.45) is 11.7 Å². The molecule has 32 nitrogen and oxygen atoms in total. The zero-order valence-corrected chi connectivity index (χ0v) is 54.1. The van der Waals surface area contributed by atoms with Gasteiger partial charge in [0.1, 0.15) is 64.2 Å². The third-order valence-corrected chi connectivity index (χ3v) is 16.8. The quantitative estimate of drug-likeness (QED) is 0.0217. The Balaban J connectivity index is 0.0000134. The van der Waals surface area contributed by atoms with Crippen LogP contribution < -0.4 is 41.2 Å². The number of phenols is 1. The van der Waals surface area contributed by atoms with E-state index in [1.54, 1.807) is 19.2 Å². The van der Waals surface area contributed by atoms with Crippen molar-refractivity contribution in [3.63, 3.8) is 0 Å². The van der Waals surface area contributed by atoms with Crippen molar-refractivity contribution in [1.29, 1.82) is 0 Å². The van der Waals surface area contributed by atoms with Crippen LogP contribution in [0.4, 0.5) is 0 Å². The number of aliphatic hydroxyl groups is 7. The van der Waals surface area contributed by atoms with E-state index < -0.39 is 199 Å². The number of β-amino-alcohol motifs (C(OH)–C–C–N with tert-alkyl or cyclic N) is 1. The van der Waals surface area contributed by atoms with E-state index >= 15 is 0 Å². The van der Waals surface area contributed by atoms with Gasteiger partial charge in [-0.05, 0) is 80.3 Å². The molecule has 4 heterocycles. The van der Waals surface area contributed by atoms with Crippen molar-refractivity contribution >= 4 is 98.6 Å². The van der Waals surface area contributed by atoms with E-state index in [2.05, 4.69) is 41.0 Å². The topological polar surface area (TPSA) is 499 Å². The van der Waals surface area contributed by atoms with Gasteiger partial charge in [0.25, 0.3) is 5.91 Å².